The normalized spacial score (nSPS) is 12.0. The SMILES string of the molecule is COc1ccc(C)cc1[C@H](C)NC(=O)NCc1nnc2nc(C)cc(C)n12. The Morgan fingerprint density at radius 1 is 1.22 bits per heavy atom. The van der Waals surface area contributed by atoms with Crippen LogP contribution in [0.5, 0.6) is 5.75 Å². The van der Waals surface area contributed by atoms with Crippen molar-refractivity contribution in [2.45, 2.75) is 40.3 Å². The molecule has 0 unspecified atom stereocenters. The van der Waals surface area contributed by atoms with E-state index in [0.717, 1.165) is 28.3 Å². The Morgan fingerprint density at radius 2 is 2.00 bits per heavy atom. The number of hydrogen-bond donors (Lipinski definition) is 2. The number of nitrogens with zero attached hydrogens (tertiary/aromatic N) is 4. The van der Waals surface area contributed by atoms with E-state index in [0.29, 0.717) is 11.6 Å². The molecule has 0 aliphatic heterocycles. The highest BCUT2D eigenvalue weighted by atomic mass is 16.5. The number of benzene rings is 1. The molecular formula is C19H24N6O2. The number of carbonyl (C=O) groups excluding carboxylic acids is 1. The minimum atomic E-state index is -0.291. The van der Waals surface area contributed by atoms with Crippen molar-refractivity contribution in [1.82, 2.24) is 30.2 Å². The Balaban J connectivity index is 1.68. The van der Waals surface area contributed by atoms with Crippen LogP contribution in [0.2, 0.25) is 0 Å². The number of fused-ring (bicyclic) bond motifs is 1. The summed E-state index contributed by atoms with van der Waals surface area (Å²) in [5.41, 5.74) is 3.88. The first-order valence-corrected chi connectivity index (χ1v) is 8.76. The van der Waals surface area contributed by atoms with E-state index in [2.05, 4.69) is 25.8 Å². The average Bonchev–Trinajstić information content (AvgIpc) is 3.03. The fourth-order valence-electron chi connectivity index (χ4n) is 3.09. The monoisotopic (exact) mass is 368 g/mol. The van der Waals surface area contributed by atoms with E-state index in [1.165, 1.54) is 0 Å². The predicted molar refractivity (Wildman–Crippen MR) is 102 cm³/mol. The lowest BCUT2D eigenvalue weighted by atomic mass is 10.0. The van der Waals surface area contributed by atoms with Crippen LogP contribution in [-0.4, -0.2) is 32.7 Å². The molecule has 0 fully saturated rings. The van der Waals surface area contributed by atoms with Gasteiger partial charge in [0, 0.05) is 17.0 Å². The molecule has 142 valence electrons. The first-order valence-electron chi connectivity index (χ1n) is 8.76. The fourth-order valence-corrected chi connectivity index (χ4v) is 3.09. The van der Waals surface area contributed by atoms with Crippen LogP contribution in [0.4, 0.5) is 4.79 Å². The molecule has 3 aromatic rings. The van der Waals surface area contributed by atoms with Crippen molar-refractivity contribution in [1.29, 1.82) is 0 Å². The number of hydrogen-bond acceptors (Lipinski definition) is 5. The molecule has 0 saturated heterocycles. The third-order valence-corrected chi connectivity index (χ3v) is 4.37. The second-order valence-electron chi connectivity index (χ2n) is 6.58. The molecule has 8 heteroatoms. The van der Waals surface area contributed by atoms with Gasteiger partial charge in [0.2, 0.25) is 0 Å². The van der Waals surface area contributed by atoms with E-state index in [9.17, 15) is 4.79 Å². The maximum atomic E-state index is 12.3. The van der Waals surface area contributed by atoms with Crippen LogP contribution >= 0.6 is 0 Å². The van der Waals surface area contributed by atoms with Crippen molar-refractivity contribution in [2.75, 3.05) is 7.11 Å². The zero-order chi connectivity index (χ0) is 19.6. The third kappa shape index (κ3) is 3.99. The molecule has 1 aromatic carbocycles. The van der Waals surface area contributed by atoms with Crippen molar-refractivity contribution < 1.29 is 9.53 Å². The van der Waals surface area contributed by atoms with E-state index in [1.54, 1.807) is 7.11 Å². The van der Waals surface area contributed by atoms with Gasteiger partial charge in [-0.1, -0.05) is 17.7 Å². The van der Waals surface area contributed by atoms with E-state index in [1.807, 2.05) is 56.4 Å². The number of methoxy groups -OCH3 is 1. The van der Waals surface area contributed by atoms with E-state index >= 15 is 0 Å². The third-order valence-electron chi connectivity index (χ3n) is 4.37. The van der Waals surface area contributed by atoms with Gasteiger partial charge in [-0.15, -0.1) is 10.2 Å². The molecule has 2 aromatic heterocycles. The number of urea groups is 1. The minimum absolute atomic E-state index is 0.207. The Bertz CT molecular complexity index is 982. The van der Waals surface area contributed by atoms with Gasteiger partial charge in [0.25, 0.3) is 5.78 Å². The molecule has 0 spiro atoms. The van der Waals surface area contributed by atoms with Gasteiger partial charge >= 0.3 is 6.03 Å². The number of ether oxygens (including phenoxy) is 1. The molecule has 0 radical (unpaired) electrons. The summed E-state index contributed by atoms with van der Waals surface area (Å²) in [7, 11) is 1.62. The lowest BCUT2D eigenvalue weighted by Gasteiger charge is -2.18. The first-order chi connectivity index (χ1) is 12.9. The average molecular weight is 368 g/mol. The number of aryl methyl sites for hydroxylation is 3. The number of aromatic nitrogens is 4. The maximum Gasteiger partial charge on any atom is 0.315 e. The van der Waals surface area contributed by atoms with Crippen molar-refractivity contribution in [3.8, 4) is 5.75 Å². The van der Waals surface area contributed by atoms with Crippen molar-refractivity contribution in [3.63, 3.8) is 0 Å². The van der Waals surface area contributed by atoms with Crippen LogP contribution in [0.25, 0.3) is 5.78 Å². The van der Waals surface area contributed by atoms with Crippen molar-refractivity contribution >= 4 is 11.8 Å². The number of amides is 2. The highest BCUT2D eigenvalue weighted by Gasteiger charge is 2.15. The zero-order valence-corrected chi connectivity index (χ0v) is 16.2. The molecule has 0 aliphatic rings. The molecule has 0 aliphatic carbocycles. The van der Waals surface area contributed by atoms with Crippen molar-refractivity contribution in [2.24, 2.45) is 0 Å². The lowest BCUT2D eigenvalue weighted by molar-refractivity contribution is 0.237. The Labute approximate surface area is 158 Å². The largest absolute Gasteiger partial charge is 0.496 e. The predicted octanol–water partition coefficient (Wildman–Crippen LogP) is 2.62. The van der Waals surface area contributed by atoms with E-state index < -0.39 is 0 Å². The summed E-state index contributed by atoms with van der Waals surface area (Å²) in [5.74, 6) is 1.91. The van der Waals surface area contributed by atoms with Gasteiger partial charge in [-0.25, -0.2) is 9.78 Å². The van der Waals surface area contributed by atoms with Gasteiger partial charge in [0.15, 0.2) is 5.82 Å². The minimum Gasteiger partial charge on any atom is -0.496 e. The molecule has 0 bridgehead atoms. The van der Waals surface area contributed by atoms with Crippen LogP contribution in [0, 0.1) is 20.8 Å². The number of nitrogens with one attached hydrogen (secondary N) is 2. The Kier molecular flexibility index (Phi) is 5.25. The van der Waals surface area contributed by atoms with Gasteiger partial charge < -0.3 is 15.4 Å². The quantitative estimate of drug-likeness (QED) is 0.722. The van der Waals surface area contributed by atoms with Gasteiger partial charge in [-0.2, -0.15) is 0 Å². The summed E-state index contributed by atoms with van der Waals surface area (Å²) >= 11 is 0. The molecule has 8 nitrogen and oxygen atoms in total. The maximum absolute atomic E-state index is 12.3. The molecule has 2 N–H and O–H groups in total. The van der Waals surface area contributed by atoms with Crippen LogP contribution in [0.1, 0.15) is 41.3 Å². The highest BCUT2D eigenvalue weighted by Crippen LogP contribution is 2.25. The molecule has 2 amide bonds. The number of carbonyl (C=O) groups is 1. The molecular weight excluding hydrogens is 344 g/mol. The summed E-state index contributed by atoms with van der Waals surface area (Å²) in [4.78, 5) is 16.7. The number of rotatable bonds is 5. The summed E-state index contributed by atoms with van der Waals surface area (Å²) in [5, 5.41) is 14.0. The molecule has 2 heterocycles. The highest BCUT2D eigenvalue weighted by molar-refractivity contribution is 5.74. The summed E-state index contributed by atoms with van der Waals surface area (Å²) < 4.78 is 7.23. The van der Waals surface area contributed by atoms with Crippen LogP contribution in [-0.2, 0) is 6.54 Å². The summed E-state index contributed by atoms with van der Waals surface area (Å²) in [6.45, 7) is 8.04. The molecule has 27 heavy (non-hydrogen) atoms. The van der Waals surface area contributed by atoms with Gasteiger partial charge in [-0.3, -0.25) is 4.40 Å². The lowest BCUT2D eigenvalue weighted by Crippen LogP contribution is -2.37. The molecule has 0 saturated carbocycles. The fraction of sp³-hybridized carbons (Fsp3) is 0.368. The van der Waals surface area contributed by atoms with Gasteiger partial charge in [-0.05, 0) is 39.8 Å². The molecule has 1 atom stereocenters. The van der Waals surface area contributed by atoms with E-state index in [-0.39, 0.29) is 18.6 Å². The second-order valence-corrected chi connectivity index (χ2v) is 6.58. The Hall–Kier alpha value is -3.16. The van der Waals surface area contributed by atoms with Crippen LogP contribution in [0.15, 0.2) is 24.3 Å². The van der Waals surface area contributed by atoms with Gasteiger partial charge in [0.05, 0.1) is 19.7 Å². The van der Waals surface area contributed by atoms with Crippen LogP contribution < -0.4 is 15.4 Å². The van der Waals surface area contributed by atoms with Crippen molar-refractivity contribution in [3.05, 3.63) is 52.6 Å². The van der Waals surface area contributed by atoms with Gasteiger partial charge in [0.1, 0.15) is 5.75 Å². The molecule has 3 rings (SSSR count). The van der Waals surface area contributed by atoms with Crippen LogP contribution in [0.3, 0.4) is 0 Å². The summed E-state index contributed by atoms with van der Waals surface area (Å²) in [6, 6.07) is 7.34. The smallest absolute Gasteiger partial charge is 0.315 e. The first kappa shape index (κ1) is 18.6. The second kappa shape index (κ2) is 7.61. The zero-order valence-electron chi connectivity index (χ0n) is 16.2. The topological polar surface area (TPSA) is 93.4 Å². The Morgan fingerprint density at radius 3 is 2.74 bits per heavy atom. The standard InChI is InChI=1S/C19H24N6O2/c1-11-6-7-16(27-5)15(8-11)14(4)22-19(26)20-10-17-23-24-18-21-12(2)9-13(3)25(17)18/h6-9,14H,10H2,1-5H3,(H2,20,22,26)/t14-/m0/s1. The summed E-state index contributed by atoms with van der Waals surface area (Å²) in [6.07, 6.45) is 0. The van der Waals surface area contributed by atoms with E-state index in [4.69, 9.17) is 4.74 Å².